The van der Waals surface area contributed by atoms with Crippen molar-refractivity contribution in [2.24, 2.45) is 0 Å². The van der Waals surface area contributed by atoms with E-state index in [1.165, 1.54) is 0 Å². The Morgan fingerprint density at radius 2 is 2.04 bits per heavy atom. The van der Waals surface area contributed by atoms with E-state index in [0.717, 1.165) is 17.8 Å². The number of aromatic nitrogens is 2. The number of rotatable bonds is 6. The molecule has 0 aliphatic carbocycles. The molecule has 2 rings (SSSR count). The Bertz CT molecular complexity index is 653. The fourth-order valence-corrected chi connectivity index (χ4v) is 1.94. The number of amides is 2. The monoisotopic (exact) mass is 318 g/mol. The number of nitrogens with one attached hydrogen (secondary N) is 2. The lowest BCUT2D eigenvalue weighted by Gasteiger charge is -2.11. The summed E-state index contributed by atoms with van der Waals surface area (Å²) in [6.07, 6.45) is 0. The van der Waals surface area contributed by atoms with Crippen LogP contribution in [0.25, 0.3) is 0 Å². The number of hydrogen-bond acceptors (Lipinski definition) is 6. The van der Waals surface area contributed by atoms with Crippen LogP contribution in [0.3, 0.4) is 0 Å². The zero-order valence-corrected chi connectivity index (χ0v) is 13.8. The van der Waals surface area contributed by atoms with Crippen molar-refractivity contribution in [2.75, 3.05) is 38.4 Å². The summed E-state index contributed by atoms with van der Waals surface area (Å²) in [6.45, 7) is 0.983. The van der Waals surface area contributed by atoms with Gasteiger partial charge in [0.15, 0.2) is 0 Å². The van der Waals surface area contributed by atoms with Crippen molar-refractivity contribution in [3.05, 3.63) is 35.7 Å². The summed E-state index contributed by atoms with van der Waals surface area (Å²) in [5.74, 6) is 0.823. The molecule has 0 atom stereocenters. The van der Waals surface area contributed by atoms with Crippen LogP contribution >= 0.6 is 0 Å². The van der Waals surface area contributed by atoms with Crippen molar-refractivity contribution in [3.63, 3.8) is 0 Å². The molecule has 0 aliphatic heterocycles. The Balaban J connectivity index is 1.86. The molecule has 1 aromatic carbocycles. The number of benzene rings is 1. The Morgan fingerprint density at radius 1 is 1.26 bits per heavy atom. The van der Waals surface area contributed by atoms with E-state index in [4.69, 9.17) is 4.52 Å². The molecule has 0 radical (unpaired) electrons. The van der Waals surface area contributed by atoms with Gasteiger partial charge in [-0.2, -0.15) is 4.98 Å². The molecular weight excluding hydrogens is 296 g/mol. The van der Waals surface area contributed by atoms with Crippen molar-refractivity contribution >= 4 is 17.7 Å². The Kier molecular flexibility index (Phi) is 5.53. The molecule has 0 saturated heterocycles. The van der Waals surface area contributed by atoms with E-state index in [0.29, 0.717) is 11.8 Å². The number of carbonyl (C=O) groups excluding carboxylic acids is 1. The van der Waals surface area contributed by atoms with E-state index in [2.05, 4.69) is 25.7 Å². The summed E-state index contributed by atoms with van der Waals surface area (Å²) in [5.41, 5.74) is 1.86. The van der Waals surface area contributed by atoms with Crippen LogP contribution in [0.2, 0.25) is 0 Å². The Morgan fingerprint density at radius 3 is 2.70 bits per heavy atom. The van der Waals surface area contributed by atoms with Gasteiger partial charge in [-0.3, -0.25) is 0 Å². The normalized spacial score (nSPS) is 10.7. The zero-order chi connectivity index (χ0) is 16.8. The predicted octanol–water partition coefficient (Wildman–Crippen LogP) is 1.52. The molecule has 8 heteroatoms. The van der Waals surface area contributed by atoms with E-state index in [1.807, 2.05) is 52.5 Å². The standard InChI is InChI=1S/C15H22N6O2/c1-20(2)10-11-6-5-7-12(8-11)17-15(22)16-9-13-18-14(19-23-13)21(3)4/h5-8H,9-10H2,1-4H3,(H2,16,17,22). The van der Waals surface area contributed by atoms with Gasteiger partial charge in [0, 0.05) is 26.3 Å². The number of urea groups is 1. The molecule has 1 aromatic heterocycles. The van der Waals surface area contributed by atoms with Crippen LogP contribution in [0.15, 0.2) is 28.8 Å². The highest BCUT2D eigenvalue weighted by atomic mass is 16.5. The van der Waals surface area contributed by atoms with Crippen LogP contribution in [0.4, 0.5) is 16.4 Å². The third-order valence-corrected chi connectivity index (χ3v) is 2.94. The van der Waals surface area contributed by atoms with Gasteiger partial charge in [0.1, 0.15) is 0 Å². The van der Waals surface area contributed by atoms with Gasteiger partial charge < -0.3 is 25.0 Å². The van der Waals surface area contributed by atoms with Gasteiger partial charge in [-0.1, -0.05) is 12.1 Å². The first-order valence-electron chi connectivity index (χ1n) is 7.22. The minimum absolute atomic E-state index is 0.171. The van der Waals surface area contributed by atoms with Gasteiger partial charge >= 0.3 is 6.03 Å². The topological polar surface area (TPSA) is 86.5 Å². The first kappa shape index (κ1) is 16.8. The molecule has 0 spiro atoms. The third kappa shape index (κ3) is 5.26. The predicted molar refractivity (Wildman–Crippen MR) is 88.3 cm³/mol. The van der Waals surface area contributed by atoms with E-state index in [9.17, 15) is 4.79 Å². The fourth-order valence-electron chi connectivity index (χ4n) is 1.94. The highest BCUT2D eigenvalue weighted by Gasteiger charge is 2.09. The summed E-state index contributed by atoms with van der Waals surface area (Å²) in [7, 11) is 7.63. The summed E-state index contributed by atoms with van der Waals surface area (Å²) in [6, 6.07) is 7.39. The molecule has 1 heterocycles. The first-order valence-corrected chi connectivity index (χ1v) is 7.22. The molecule has 2 aromatic rings. The second-order valence-corrected chi connectivity index (χ2v) is 5.63. The number of nitrogens with zero attached hydrogens (tertiary/aromatic N) is 4. The number of anilines is 2. The molecule has 0 saturated carbocycles. The maximum Gasteiger partial charge on any atom is 0.319 e. The smallest absolute Gasteiger partial charge is 0.319 e. The van der Waals surface area contributed by atoms with Gasteiger partial charge in [-0.05, 0) is 36.9 Å². The highest BCUT2D eigenvalue weighted by Crippen LogP contribution is 2.12. The summed E-state index contributed by atoms with van der Waals surface area (Å²) >= 11 is 0. The lowest BCUT2D eigenvalue weighted by Crippen LogP contribution is -2.28. The quantitative estimate of drug-likeness (QED) is 0.840. The van der Waals surface area contributed by atoms with Crippen molar-refractivity contribution in [1.82, 2.24) is 20.4 Å². The lowest BCUT2D eigenvalue weighted by atomic mass is 10.2. The molecule has 0 fully saturated rings. The molecular formula is C15H22N6O2. The van der Waals surface area contributed by atoms with Gasteiger partial charge in [-0.25, -0.2) is 4.79 Å². The first-order chi connectivity index (χ1) is 10.9. The molecule has 0 aliphatic rings. The molecule has 0 bridgehead atoms. The van der Waals surface area contributed by atoms with Crippen molar-refractivity contribution in [1.29, 1.82) is 0 Å². The molecule has 23 heavy (non-hydrogen) atoms. The van der Waals surface area contributed by atoms with Crippen LogP contribution in [-0.4, -0.2) is 49.3 Å². The average Bonchev–Trinajstić information content (AvgIpc) is 2.94. The van der Waals surface area contributed by atoms with Crippen LogP contribution in [0, 0.1) is 0 Å². The van der Waals surface area contributed by atoms with Gasteiger partial charge in [0.25, 0.3) is 5.95 Å². The van der Waals surface area contributed by atoms with Crippen LogP contribution in [0.1, 0.15) is 11.5 Å². The largest absolute Gasteiger partial charge is 0.344 e. The number of hydrogen-bond donors (Lipinski definition) is 2. The van der Waals surface area contributed by atoms with E-state index in [1.54, 1.807) is 4.90 Å². The van der Waals surface area contributed by atoms with Gasteiger partial charge in [-0.15, -0.1) is 0 Å². The Labute approximate surface area is 135 Å². The average molecular weight is 318 g/mol. The summed E-state index contributed by atoms with van der Waals surface area (Å²) < 4.78 is 5.04. The maximum atomic E-state index is 11.9. The second kappa shape index (κ2) is 7.59. The molecule has 2 amide bonds. The fraction of sp³-hybridized carbons (Fsp3) is 0.400. The summed E-state index contributed by atoms with van der Waals surface area (Å²) in [4.78, 5) is 19.9. The summed E-state index contributed by atoms with van der Waals surface area (Å²) in [5, 5.41) is 9.25. The van der Waals surface area contributed by atoms with E-state index < -0.39 is 0 Å². The number of carbonyl (C=O) groups is 1. The molecule has 8 nitrogen and oxygen atoms in total. The van der Waals surface area contributed by atoms with Gasteiger partial charge in [0.05, 0.1) is 6.54 Å². The molecule has 0 unspecified atom stereocenters. The second-order valence-electron chi connectivity index (χ2n) is 5.63. The molecule has 124 valence electrons. The lowest BCUT2D eigenvalue weighted by molar-refractivity contribution is 0.249. The van der Waals surface area contributed by atoms with E-state index in [-0.39, 0.29) is 12.6 Å². The zero-order valence-electron chi connectivity index (χ0n) is 13.8. The van der Waals surface area contributed by atoms with Crippen molar-refractivity contribution < 1.29 is 9.32 Å². The minimum Gasteiger partial charge on any atom is -0.344 e. The SMILES string of the molecule is CN(C)Cc1cccc(NC(=O)NCc2nc(N(C)C)no2)c1. The van der Waals surface area contributed by atoms with Crippen molar-refractivity contribution in [3.8, 4) is 0 Å². The molecule has 2 N–H and O–H groups in total. The third-order valence-electron chi connectivity index (χ3n) is 2.94. The van der Waals surface area contributed by atoms with Crippen LogP contribution in [-0.2, 0) is 13.1 Å². The highest BCUT2D eigenvalue weighted by molar-refractivity contribution is 5.89. The van der Waals surface area contributed by atoms with Crippen LogP contribution in [0.5, 0.6) is 0 Å². The van der Waals surface area contributed by atoms with Crippen LogP contribution < -0.4 is 15.5 Å². The maximum absolute atomic E-state index is 11.9. The minimum atomic E-state index is -0.323. The van der Waals surface area contributed by atoms with Crippen molar-refractivity contribution in [2.45, 2.75) is 13.1 Å². The Hall–Kier alpha value is -2.61. The van der Waals surface area contributed by atoms with Gasteiger partial charge in [0.2, 0.25) is 5.89 Å². The van der Waals surface area contributed by atoms with E-state index >= 15 is 0 Å².